The molecule has 2 heterocycles. The topological polar surface area (TPSA) is 108 Å². The van der Waals surface area contributed by atoms with Crippen LogP contribution in [0.1, 0.15) is 47.9 Å². The van der Waals surface area contributed by atoms with E-state index >= 15 is 0 Å². The molecule has 2 fully saturated rings. The lowest BCUT2D eigenvalue weighted by atomic mass is 9.94. The minimum atomic E-state index is -1.51. The number of hydrogen-bond acceptors (Lipinski definition) is 5. The van der Waals surface area contributed by atoms with Crippen LogP contribution in [0.15, 0.2) is 30.3 Å². The van der Waals surface area contributed by atoms with E-state index < -0.39 is 41.7 Å². The Kier molecular flexibility index (Phi) is 6.04. The lowest BCUT2D eigenvalue weighted by Gasteiger charge is -2.31. The first-order valence-corrected chi connectivity index (χ1v) is 13.1. The van der Waals surface area contributed by atoms with Crippen molar-refractivity contribution < 1.29 is 32.7 Å². The lowest BCUT2D eigenvalue weighted by molar-refractivity contribution is -0.143. The number of ether oxygens (including phenoxy) is 1. The van der Waals surface area contributed by atoms with Gasteiger partial charge < -0.3 is 20.3 Å². The van der Waals surface area contributed by atoms with Crippen LogP contribution in [0.3, 0.4) is 0 Å². The van der Waals surface area contributed by atoms with Crippen LogP contribution in [0.2, 0.25) is 0 Å². The van der Waals surface area contributed by atoms with Gasteiger partial charge in [0.2, 0.25) is 11.5 Å². The van der Waals surface area contributed by atoms with Crippen LogP contribution in [-0.2, 0) is 39.3 Å². The molecule has 1 saturated heterocycles. The van der Waals surface area contributed by atoms with E-state index in [9.17, 15) is 28.0 Å². The van der Waals surface area contributed by atoms with E-state index in [-0.39, 0.29) is 31.0 Å². The number of amides is 5. The summed E-state index contributed by atoms with van der Waals surface area (Å²) in [5.41, 5.74) is 1.53. The minimum absolute atomic E-state index is 0.0820. The van der Waals surface area contributed by atoms with Gasteiger partial charge in [0, 0.05) is 37.3 Å². The number of nitrogens with one attached hydrogen (secondary N) is 2. The molecule has 9 nitrogen and oxygen atoms in total. The van der Waals surface area contributed by atoms with Gasteiger partial charge in [0.25, 0.3) is 5.91 Å². The van der Waals surface area contributed by atoms with E-state index in [1.54, 1.807) is 23.1 Å². The van der Waals surface area contributed by atoms with Gasteiger partial charge in [-0.1, -0.05) is 6.07 Å². The molecule has 0 bridgehead atoms. The number of carbonyl (C=O) groups excluding carboxylic acids is 4. The van der Waals surface area contributed by atoms with E-state index in [1.807, 2.05) is 0 Å². The molecule has 1 unspecified atom stereocenters. The summed E-state index contributed by atoms with van der Waals surface area (Å²) >= 11 is 0. The van der Waals surface area contributed by atoms with E-state index in [4.69, 9.17) is 4.74 Å². The summed E-state index contributed by atoms with van der Waals surface area (Å²) in [4.78, 5) is 54.4. The van der Waals surface area contributed by atoms with Gasteiger partial charge >= 0.3 is 12.1 Å². The van der Waals surface area contributed by atoms with Gasteiger partial charge in [0.1, 0.15) is 6.54 Å². The van der Waals surface area contributed by atoms with Crippen molar-refractivity contribution in [2.45, 2.75) is 56.7 Å². The van der Waals surface area contributed by atoms with E-state index in [0.717, 1.165) is 29.4 Å². The van der Waals surface area contributed by atoms with Crippen molar-refractivity contribution in [3.05, 3.63) is 64.2 Å². The SMILES string of the molecule is CNC(=O)Nc1ccc2c(c1)CC[C@]21OC(=O)N(CC(=O)N2Cc3cc(F)c(F)cc3CCC2C2CC2)C1=O. The highest BCUT2D eigenvalue weighted by molar-refractivity contribution is 6.06. The van der Waals surface area contributed by atoms with Gasteiger partial charge in [0.05, 0.1) is 0 Å². The van der Waals surface area contributed by atoms with Crippen LogP contribution in [0.5, 0.6) is 0 Å². The van der Waals surface area contributed by atoms with Gasteiger partial charge in [-0.05, 0) is 79.0 Å². The highest BCUT2D eigenvalue weighted by Gasteiger charge is 2.58. The third-order valence-corrected chi connectivity index (χ3v) is 8.32. The third kappa shape index (κ3) is 4.29. The molecule has 2 aliphatic carbocycles. The predicted molar refractivity (Wildman–Crippen MR) is 134 cm³/mol. The molecule has 1 spiro atoms. The van der Waals surface area contributed by atoms with Crippen LogP contribution < -0.4 is 10.6 Å². The van der Waals surface area contributed by atoms with Crippen molar-refractivity contribution >= 4 is 29.6 Å². The maximum Gasteiger partial charge on any atom is 0.418 e. The standard InChI is InChI=1S/C28H28F2N4O5/c1-31-26(37)32-19-5-6-20-17(10-19)8-9-28(20)25(36)34(27(38)39-28)14-24(35)33-13-18-12-22(30)21(29)11-16(18)4-7-23(33)15-2-3-15/h5-6,10-12,15,23H,2-4,7-9,13-14H2,1H3,(H2,31,32,37)/t23?,28-/m0/s1. The molecule has 11 heteroatoms. The van der Waals surface area contributed by atoms with Crippen molar-refractivity contribution in [1.82, 2.24) is 15.1 Å². The average Bonchev–Trinajstić information content (AvgIpc) is 3.68. The largest absolute Gasteiger partial charge is 0.427 e. The zero-order valence-electron chi connectivity index (χ0n) is 21.4. The smallest absolute Gasteiger partial charge is 0.418 e. The zero-order valence-corrected chi connectivity index (χ0v) is 21.4. The maximum atomic E-state index is 14.0. The molecule has 2 aromatic rings. The molecule has 2 atom stereocenters. The molecule has 0 aromatic heterocycles. The monoisotopic (exact) mass is 538 g/mol. The molecule has 2 aliphatic heterocycles. The second kappa shape index (κ2) is 9.32. The Morgan fingerprint density at radius 1 is 1.03 bits per heavy atom. The van der Waals surface area contributed by atoms with Crippen LogP contribution in [0.4, 0.5) is 24.1 Å². The molecule has 4 aliphatic rings. The Labute approximate surface area is 223 Å². The second-order valence-corrected chi connectivity index (χ2v) is 10.7. The highest BCUT2D eigenvalue weighted by Crippen LogP contribution is 2.46. The first-order chi connectivity index (χ1) is 18.7. The molecule has 6 rings (SSSR count). The molecule has 2 N–H and O–H groups in total. The molecule has 2 aromatic carbocycles. The Morgan fingerprint density at radius 3 is 2.49 bits per heavy atom. The van der Waals surface area contributed by atoms with Crippen LogP contribution in [0, 0.1) is 17.6 Å². The Bertz CT molecular complexity index is 1410. The van der Waals surface area contributed by atoms with E-state index in [0.29, 0.717) is 41.6 Å². The molecule has 39 heavy (non-hydrogen) atoms. The summed E-state index contributed by atoms with van der Waals surface area (Å²) in [6, 6.07) is 6.83. The maximum absolute atomic E-state index is 14.0. The van der Waals surface area contributed by atoms with Gasteiger partial charge in [-0.2, -0.15) is 0 Å². The summed E-state index contributed by atoms with van der Waals surface area (Å²) in [6.07, 6.45) is 2.81. The second-order valence-electron chi connectivity index (χ2n) is 10.7. The lowest BCUT2D eigenvalue weighted by Crippen LogP contribution is -2.48. The number of urea groups is 1. The number of hydrogen-bond donors (Lipinski definition) is 2. The molecule has 204 valence electrons. The Hall–Kier alpha value is -4.02. The fraction of sp³-hybridized carbons (Fsp3) is 0.429. The number of fused-ring (bicyclic) bond motifs is 3. The van der Waals surface area contributed by atoms with Crippen LogP contribution in [0.25, 0.3) is 0 Å². The number of imide groups is 1. The fourth-order valence-electron chi connectivity index (χ4n) is 6.16. The number of nitrogens with zero attached hydrogens (tertiary/aromatic N) is 2. The van der Waals surface area contributed by atoms with Crippen molar-refractivity contribution in [2.24, 2.45) is 5.92 Å². The molecule has 0 radical (unpaired) electrons. The first-order valence-electron chi connectivity index (χ1n) is 13.1. The van der Waals surface area contributed by atoms with Crippen molar-refractivity contribution in [3.63, 3.8) is 0 Å². The fourth-order valence-corrected chi connectivity index (χ4v) is 6.16. The number of benzene rings is 2. The van der Waals surface area contributed by atoms with Gasteiger partial charge in [-0.3, -0.25) is 9.59 Å². The first kappa shape index (κ1) is 25.3. The molecular formula is C28H28F2N4O5. The van der Waals surface area contributed by atoms with Gasteiger partial charge in [0.15, 0.2) is 11.6 Å². The van der Waals surface area contributed by atoms with E-state index in [1.165, 1.54) is 13.1 Å². The van der Waals surface area contributed by atoms with Crippen molar-refractivity contribution in [2.75, 3.05) is 18.9 Å². The summed E-state index contributed by atoms with van der Waals surface area (Å²) in [5, 5.41) is 5.15. The van der Waals surface area contributed by atoms with Gasteiger partial charge in [-0.25, -0.2) is 23.3 Å². The van der Waals surface area contributed by atoms with E-state index in [2.05, 4.69) is 10.6 Å². The zero-order chi connectivity index (χ0) is 27.5. The number of anilines is 1. The average molecular weight is 539 g/mol. The summed E-state index contributed by atoms with van der Waals surface area (Å²) in [7, 11) is 1.50. The molecule has 1 saturated carbocycles. The third-order valence-electron chi connectivity index (χ3n) is 8.32. The van der Waals surface area contributed by atoms with Crippen LogP contribution >= 0.6 is 0 Å². The normalized spacial score (nSPS) is 23.8. The highest BCUT2D eigenvalue weighted by atomic mass is 19.2. The number of halogens is 2. The number of rotatable bonds is 4. The minimum Gasteiger partial charge on any atom is -0.427 e. The molecular weight excluding hydrogens is 510 g/mol. The number of aryl methyl sites for hydroxylation is 2. The Morgan fingerprint density at radius 2 is 1.77 bits per heavy atom. The Balaban J connectivity index is 1.23. The predicted octanol–water partition coefficient (Wildman–Crippen LogP) is 3.59. The van der Waals surface area contributed by atoms with Crippen LogP contribution in [-0.4, -0.2) is 53.4 Å². The van der Waals surface area contributed by atoms with Crippen molar-refractivity contribution in [3.8, 4) is 0 Å². The van der Waals surface area contributed by atoms with Gasteiger partial charge in [-0.15, -0.1) is 0 Å². The quantitative estimate of drug-likeness (QED) is 0.619. The number of carbonyl (C=O) groups is 4. The summed E-state index contributed by atoms with van der Waals surface area (Å²) < 4.78 is 33.6. The summed E-state index contributed by atoms with van der Waals surface area (Å²) in [6.45, 7) is -0.411. The molecule has 5 amide bonds. The summed E-state index contributed by atoms with van der Waals surface area (Å²) in [5.74, 6) is -2.64. The van der Waals surface area contributed by atoms with Crippen molar-refractivity contribution in [1.29, 1.82) is 0 Å².